The van der Waals surface area contributed by atoms with Crippen LogP contribution in [0.25, 0.3) is 6.08 Å². The second-order valence-electron chi connectivity index (χ2n) is 4.98. The van der Waals surface area contributed by atoms with Crippen molar-refractivity contribution < 1.29 is 4.79 Å². The third kappa shape index (κ3) is 3.06. The lowest BCUT2D eigenvalue weighted by Crippen LogP contribution is -2.24. The summed E-state index contributed by atoms with van der Waals surface area (Å²) in [6, 6.07) is 12.9. The number of amides is 1. The molecular weight excluding hydrogens is 319 g/mol. The quantitative estimate of drug-likeness (QED) is 0.823. The van der Waals surface area contributed by atoms with Gasteiger partial charge < -0.3 is 5.32 Å². The van der Waals surface area contributed by atoms with Gasteiger partial charge in [-0.3, -0.25) is 4.79 Å². The van der Waals surface area contributed by atoms with Crippen LogP contribution in [0.5, 0.6) is 0 Å². The van der Waals surface area contributed by atoms with E-state index >= 15 is 0 Å². The van der Waals surface area contributed by atoms with E-state index in [4.69, 9.17) is 23.2 Å². The number of aryl methyl sites for hydroxylation is 1. The standard InChI is InChI=1S/C17H12Cl2N2O/c1-10-3-2-4-12(7-10)16-20-15(17(22)21-16)8-11-5-6-13(18)9-14(11)19/h2-9H,1H3,(H,20,21,22)/b15-8-. The summed E-state index contributed by atoms with van der Waals surface area (Å²) >= 11 is 12.0. The number of carbonyl (C=O) groups excluding carboxylic acids is 1. The minimum atomic E-state index is -0.248. The van der Waals surface area contributed by atoms with Gasteiger partial charge in [-0.2, -0.15) is 0 Å². The third-order valence-electron chi connectivity index (χ3n) is 3.24. The van der Waals surface area contributed by atoms with Gasteiger partial charge in [0.05, 0.1) is 0 Å². The smallest absolute Gasteiger partial charge is 0.275 e. The van der Waals surface area contributed by atoms with E-state index in [0.29, 0.717) is 27.1 Å². The Morgan fingerprint density at radius 3 is 2.68 bits per heavy atom. The molecule has 1 aliphatic heterocycles. The molecule has 2 aromatic carbocycles. The lowest BCUT2D eigenvalue weighted by atomic mass is 10.1. The number of nitrogens with zero attached hydrogens (tertiary/aromatic N) is 1. The normalized spacial score (nSPS) is 15.9. The van der Waals surface area contributed by atoms with Gasteiger partial charge in [-0.25, -0.2) is 4.99 Å². The van der Waals surface area contributed by atoms with E-state index in [2.05, 4.69) is 10.3 Å². The molecule has 1 N–H and O–H groups in total. The van der Waals surface area contributed by atoms with Crippen molar-refractivity contribution in [3.63, 3.8) is 0 Å². The topological polar surface area (TPSA) is 41.5 Å². The molecule has 0 aromatic heterocycles. The molecule has 3 nitrogen and oxygen atoms in total. The van der Waals surface area contributed by atoms with Crippen LogP contribution in [0.2, 0.25) is 10.0 Å². The van der Waals surface area contributed by atoms with E-state index < -0.39 is 0 Å². The molecule has 0 bridgehead atoms. The lowest BCUT2D eigenvalue weighted by Gasteiger charge is -2.00. The number of hydrogen-bond acceptors (Lipinski definition) is 2. The van der Waals surface area contributed by atoms with Gasteiger partial charge in [0.1, 0.15) is 11.5 Å². The van der Waals surface area contributed by atoms with Gasteiger partial charge in [-0.1, -0.05) is 53.0 Å². The number of benzene rings is 2. The molecule has 0 aliphatic carbocycles. The maximum atomic E-state index is 12.1. The number of rotatable bonds is 2. The van der Waals surface area contributed by atoms with Gasteiger partial charge in [0.25, 0.3) is 5.91 Å². The number of amidine groups is 1. The molecule has 1 amide bonds. The van der Waals surface area contributed by atoms with Gasteiger partial charge in [0.15, 0.2) is 0 Å². The van der Waals surface area contributed by atoms with Crippen molar-refractivity contribution in [2.75, 3.05) is 0 Å². The Hall–Kier alpha value is -2.10. The van der Waals surface area contributed by atoms with Crippen molar-refractivity contribution >= 4 is 41.0 Å². The van der Waals surface area contributed by atoms with Gasteiger partial charge in [-0.15, -0.1) is 0 Å². The highest BCUT2D eigenvalue weighted by Crippen LogP contribution is 2.24. The summed E-state index contributed by atoms with van der Waals surface area (Å²) in [6.45, 7) is 1.99. The summed E-state index contributed by atoms with van der Waals surface area (Å²) in [4.78, 5) is 16.4. The number of halogens is 2. The molecule has 1 heterocycles. The first-order valence-electron chi connectivity index (χ1n) is 6.67. The van der Waals surface area contributed by atoms with Crippen molar-refractivity contribution in [2.45, 2.75) is 6.92 Å². The zero-order valence-corrected chi connectivity index (χ0v) is 13.2. The molecular formula is C17H12Cl2N2O. The summed E-state index contributed by atoms with van der Waals surface area (Å²) in [5, 5.41) is 3.80. The second kappa shape index (κ2) is 5.95. The second-order valence-corrected chi connectivity index (χ2v) is 5.82. The molecule has 5 heteroatoms. The van der Waals surface area contributed by atoms with Crippen molar-refractivity contribution in [1.82, 2.24) is 5.32 Å². The fourth-order valence-corrected chi connectivity index (χ4v) is 2.63. The van der Waals surface area contributed by atoms with Crippen LogP contribution in [0.3, 0.4) is 0 Å². The minimum Gasteiger partial charge on any atom is -0.305 e. The van der Waals surface area contributed by atoms with Crippen LogP contribution >= 0.6 is 23.2 Å². The van der Waals surface area contributed by atoms with E-state index in [1.165, 1.54) is 0 Å². The molecule has 2 aromatic rings. The average Bonchev–Trinajstić information content (AvgIpc) is 2.83. The zero-order valence-electron chi connectivity index (χ0n) is 11.7. The Balaban J connectivity index is 1.97. The molecule has 0 saturated heterocycles. The number of carbonyl (C=O) groups is 1. The first kappa shape index (κ1) is 14.8. The maximum absolute atomic E-state index is 12.1. The van der Waals surface area contributed by atoms with Crippen LogP contribution in [0, 0.1) is 6.92 Å². The monoisotopic (exact) mass is 330 g/mol. The van der Waals surface area contributed by atoms with Crippen molar-refractivity contribution in [3.8, 4) is 0 Å². The summed E-state index contributed by atoms with van der Waals surface area (Å²) < 4.78 is 0. The molecule has 0 radical (unpaired) electrons. The fraction of sp³-hybridized carbons (Fsp3) is 0.0588. The zero-order chi connectivity index (χ0) is 15.7. The molecule has 3 rings (SSSR count). The van der Waals surface area contributed by atoms with Crippen LogP contribution in [0.1, 0.15) is 16.7 Å². The molecule has 0 atom stereocenters. The summed E-state index contributed by atoms with van der Waals surface area (Å²) in [5.41, 5.74) is 3.00. The Morgan fingerprint density at radius 1 is 1.14 bits per heavy atom. The van der Waals surface area contributed by atoms with Gasteiger partial charge in [0, 0.05) is 15.6 Å². The molecule has 1 aliphatic rings. The van der Waals surface area contributed by atoms with E-state index in [-0.39, 0.29) is 5.91 Å². The van der Waals surface area contributed by atoms with Crippen LogP contribution in [-0.2, 0) is 4.79 Å². The molecule has 0 spiro atoms. The average molecular weight is 331 g/mol. The highest BCUT2D eigenvalue weighted by atomic mass is 35.5. The van der Waals surface area contributed by atoms with Crippen LogP contribution < -0.4 is 5.32 Å². The Bertz CT molecular complexity index is 825. The number of aliphatic imine (C=N–C) groups is 1. The maximum Gasteiger partial charge on any atom is 0.275 e. The van der Waals surface area contributed by atoms with E-state index in [0.717, 1.165) is 11.1 Å². The van der Waals surface area contributed by atoms with E-state index in [1.807, 2.05) is 31.2 Å². The van der Waals surface area contributed by atoms with Crippen molar-refractivity contribution in [2.24, 2.45) is 4.99 Å². The lowest BCUT2D eigenvalue weighted by molar-refractivity contribution is -0.115. The van der Waals surface area contributed by atoms with Crippen molar-refractivity contribution in [1.29, 1.82) is 0 Å². The van der Waals surface area contributed by atoms with Crippen LogP contribution in [-0.4, -0.2) is 11.7 Å². The minimum absolute atomic E-state index is 0.248. The summed E-state index contributed by atoms with van der Waals surface area (Å²) in [5.74, 6) is 0.299. The van der Waals surface area contributed by atoms with Gasteiger partial charge in [0.2, 0.25) is 0 Å². The number of hydrogen-bond donors (Lipinski definition) is 1. The predicted octanol–water partition coefficient (Wildman–Crippen LogP) is 4.22. The van der Waals surface area contributed by atoms with E-state index in [1.54, 1.807) is 24.3 Å². The summed E-state index contributed by atoms with van der Waals surface area (Å²) in [6.07, 6.45) is 1.65. The van der Waals surface area contributed by atoms with Gasteiger partial charge >= 0.3 is 0 Å². The molecule has 110 valence electrons. The Kier molecular flexibility index (Phi) is 4.01. The molecule has 0 unspecified atom stereocenters. The first-order chi connectivity index (χ1) is 10.5. The highest BCUT2D eigenvalue weighted by Gasteiger charge is 2.21. The van der Waals surface area contributed by atoms with Crippen molar-refractivity contribution in [3.05, 3.63) is 74.9 Å². The fourth-order valence-electron chi connectivity index (χ4n) is 2.16. The van der Waals surface area contributed by atoms with Gasteiger partial charge in [-0.05, 0) is 36.8 Å². The SMILES string of the molecule is Cc1cccc(C2=N/C(=C\c3ccc(Cl)cc3Cl)C(=O)N2)c1. The molecule has 0 fully saturated rings. The summed E-state index contributed by atoms with van der Waals surface area (Å²) in [7, 11) is 0. The highest BCUT2D eigenvalue weighted by molar-refractivity contribution is 6.35. The molecule has 0 saturated carbocycles. The predicted molar refractivity (Wildman–Crippen MR) is 90.3 cm³/mol. The van der Waals surface area contributed by atoms with Crippen LogP contribution in [0.4, 0.5) is 0 Å². The Labute approximate surface area is 138 Å². The third-order valence-corrected chi connectivity index (χ3v) is 3.81. The first-order valence-corrected chi connectivity index (χ1v) is 7.42. The largest absolute Gasteiger partial charge is 0.305 e. The number of nitrogens with one attached hydrogen (secondary N) is 1. The molecule has 22 heavy (non-hydrogen) atoms. The van der Waals surface area contributed by atoms with E-state index in [9.17, 15) is 4.79 Å². The van der Waals surface area contributed by atoms with Crippen LogP contribution in [0.15, 0.2) is 53.2 Å². The Morgan fingerprint density at radius 2 is 1.95 bits per heavy atom.